The van der Waals surface area contributed by atoms with Crippen LogP contribution in [0.15, 0.2) is 4.99 Å². The molecule has 0 aromatic heterocycles. The summed E-state index contributed by atoms with van der Waals surface area (Å²) in [7, 11) is 6.66. The monoisotopic (exact) mass is 171 g/mol. The minimum absolute atomic E-state index is 0.995. The molecule has 0 rings (SSSR count). The van der Waals surface area contributed by atoms with E-state index in [1.54, 1.807) is 0 Å². The zero-order valence-corrected chi connectivity index (χ0v) is 9.22. The summed E-state index contributed by atoms with van der Waals surface area (Å²) in [5.41, 5.74) is 1.27. The van der Waals surface area contributed by atoms with Crippen molar-refractivity contribution < 1.29 is 4.48 Å². The maximum atomic E-state index is 4.45. The van der Waals surface area contributed by atoms with E-state index in [-0.39, 0.29) is 0 Å². The first-order chi connectivity index (χ1) is 5.45. The third kappa shape index (κ3) is 7.73. The Hall–Kier alpha value is -0.370. The van der Waals surface area contributed by atoms with Crippen LogP contribution in [0.5, 0.6) is 0 Å². The first-order valence-electron chi connectivity index (χ1n) is 4.76. The third-order valence-electron chi connectivity index (χ3n) is 1.88. The molecule has 0 aliphatic rings. The molecule has 0 atom stereocenters. The van der Waals surface area contributed by atoms with Crippen molar-refractivity contribution in [3.8, 4) is 0 Å². The molecule has 0 aliphatic heterocycles. The van der Waals surface area contributed by atoms with Crippen molar-refractivity contribution in [2.24, 2.45) is 4.99 Å². The Morgan fingerprint density at radius 2 is 1.83 bits per heavy atom. The van der Waals surface area contributed by atoms with Crippen LogP contribution >= 0.6 is 0 Å². The van der Waals surface area contributed by atoms with Crippen molar-refractivity contribution in [2.45, 2.75) is 26.7 Å². The molecule has 0 heterocycles. The highest BCUT2D eigenvalue weighted by molar-refractivity contribution is 5.81. The SMILES string of the molecule is CCC(C)=NCCC[N+](C)(C)C. The van der Waals surface area contributed by atoms with Crippen LogP contribution in [0.25, 0.3) is 0 Å². The smallest absolute Gasteiger partial charge is 0.0798 e. The first-order valence-corrected chi connectivity index (χ1v) is 4.76. The number of aliphatic imine (C=N–C) groups is 1. The van der Waals surface area contributed by atoms with Gasteiger partial charge >= 0.3 is 0 Å². The molecule has 0 aliphatic carbocycles. The Labute approximate surface area is 76.9 Å². The van der Waals surface area contributed by atoms with Crippen LogP contribution in [0.4, 0.5) is 0 Å². The number of hydrogen-bond donors (Lipinski definition) is 0. The maximum Gasteiger partial charge on any atom is 0.0798 e. The van der Waals surface area contributed by atoms with Gasteiger partial charge in [-0.2, -0.15) is 0 Å². The summed E-state index contributed by atoms with van der Waals surface area (Å²) in [6.07, 6.45) is 2.28. The van der Waals surface area contributed by atoms with Crippen LogP contribution in [0, 0.1) is 0 Å². The molecule has 0 fully saturated rings. The average Bonchev–Trinajstić information content (AvgIpc) is 1.96. The molecule has 2 heteroatoms. The van der Waals surface area contributed by atoms with Crippen LogP contribution in [0.1, 0.15) is 26.7 Å². The lowest BCUT2D eigenvalue weighted by Gasteiger charge is -2.23. The molecule has 72 valence electrons. The lowest BCUT2D eigenvalue weighted by atomic mass is 10.3. The lowest BCUT2D eigenvalue weighted by Crippen LogP contribution is -2.35. The van der Waals surface area contributed by atoms with Crippen molar-refractivity contribution >= 4 is 5.71 Å². The zero-order chi connectivity index (χ0) is 9.61. The Bertz CT molecular complexity index is 142. The number of nitrogens with zero attached hydrogens (tertiary/aromatic N) is 2. The van der Waals surface area contributed by atoms with Gasteiger partial charge in [-0.15, -0.1) is 0 Å². The predicted octanol–water partition coefficient (Wildman–Crippen LogP) is 1.95. The molecule has 2 nitrogen and oxygen atoms in total. The number of hydrogen-bond acceptors (Lipinski definition) is 1. The Balaban J connectivity index is 3.45. The molecule has 0 bridgehead atoms. The van der Waals surface area contributed by atoms with Crippen LogP contribution in [0.3, 0.4) is 0 Å². The van der Waals surface area contributed by atoms with Crippen LogP contribution in [0.2, 0.25) is 0 Å². The summed E-state index contributed by atoms with van der Waals surface area (Å²) in [6, 6.07) is 0. The van der Waals surface area contributed by atoms with Gasteiger partial charge in [-0.3, -0.25) is 4.99 Å². The second-order valence-corrected chi connectivity index (χ2v) is 4.34. The molecular formula is C10H23N2+. The quantitative estimate of drug-likeness (QED) is 0.340. The van der Waals surface area contributed by atoms with Gasteiger partial charge in [0, 0.05) is 18.7 Å². The molecule has 0 saturated heterocycles. The van der Waals surface area contributed by atoms with Crippen LogP contribution in [-0.2, 0) is 0 Å². The summed E-state index contributed by atoms with van der Waals surface area (Å²) in [5.74, 6) is 0. The minimum atomic E-state index is 0.995. The van der Waals surface area contributed by atoms with E-state index in [1.807, 2.05) is 0 Å². The van der Waals surface area contributed by atoms with Gasteiger partial charge in [-0.05, 0) is 13.3 Å². The van der Waals surface area contributed by atoms with Gasteiger partial charge in [-0.25, -0.2) is 0 Å². The van der Waals surface area contributed by atoms with E-state index >= 15 is 0 Å². The van der Waals surface area contributed by atoms with Crippen molar-refractivity contribution in [2.75, 3.05) is 34.2 Å². The molecule has 12 heavy (non-hydrogen) atoms. The highest BCUT2D eigenvalue weighted by Gasteiger charge is 2.04. The summed E-state index contributed by atoms with van der Waals surface area (Å²) >= 11 is 0. The van der Waals surface area contributed by atoms with Crippen LogP contribution in [-0.4, -0.2) is 44.4 Å². The fraction of sp³-hybridized carbons (Fsp3) is 0.900. The van der Waals surface area contributed by atoms with Gasteiger partial charge in [0.2, 0.25) is 0 Å². The van der Waals surface area contributed by atoms with E-state index in [4.69, 9.17) is 0 Å². The molecule has 0 aromatic rings. The summed E-state index contributed by atoms with van der Waals surface area (Å²) in [5, 5.41) is 0. The van der Waals surface area contributed by atoms with E-state index in [0.717, 1.165) is 17.4 Å². The van der Waals surface area contributed by atoms with Crippen molar-refractivity contribution in [3.05, 3.63) is 0 Å². The Morgan fingerprint density at radius 3 is 2.25 bits per heavy atom. The molecule has 0 radical (unpaired) electrons. The maximum absolute atomic E-state index is 4.45. The molecule has 0 spiro atoms. The molecule has 0 saturated carbocycles. The first kappa shape index (κ1) is 11.6. The molecule has 0 amide bonds. The fourth-order valence-electron chi connectivity index (χ4n) is 0.927. The minimum Gasteiger partial charge on any atom is -0.331 e. The van der Waals surface area contributed by atoms with Gasteiger partial charge in [0.15, 0.2) is 0 Å². The lowest BCUT2D eigenvalue weighted by molar-refractivity contribution is -0.870. The zero-order valence-electron chi connectivity index (χ0n) is 9.22. The summed E-state index contributed by atoms with van der Waals surface area (Å²) in [6.45, 7) is 6.46. The van der Waals surface area contributed by atoms with Crippen LogP contribution < -0.4 is 0 Å². The molecular weight excluding hydrogens is 148 g/mol. The molecule has 0 N–H and O–H groups in total. The Kier molecular flexibility index (Phi) is 5.14. The third-order valence-corrected chi connectivity index (χ3v) is 1.88. The van der Waals surface area contributed by atoms with Gasteiger partial charge in [0.25, 0.3) is 0 Å². The summed E-state index contributed by atoms with van der Waals surface area (Å²) in [4.78, 5) is 4.45. The Morgan fingerprint density at radius 1 is 1.25 bits per heavy atom. The number of rotatable bonds is 5. The fourth-order valence-corrected chi connectivity index (χ4v) is 0.927. The second-order valence-electron chi connectivity index (χ2n) is 4.34. The number of quaternary nitrogens is 1. The van der Waals surface area contributed by atoms with E-state index < -0.39 is 0 Å². The van der Waals surface area contributed by atoms with E-state index in [1.165, 1.54) is 18.7 Å². The standard InChI is InChI=1S/C10H23N2/c1-6-10(2)11-8-7-9-12(3,4)5/h6-9H2,1-5H3/q+1. The highest BCUT2D eigenvalue weighted by atomic mass is 15.3. The molecule has 0 unspecified atom stereocenters. The predicted molar refractivity (Wildman–Crippen MR) is 55.8 cm³/mol. The highest BCUT2D eigenvalue weighted by Crippen LogP contribution is 1.94. The normalized spacial score (nSPS) is 13.6. The van der Waals surface area contributed by atoms with Gasteiger partial charge < -0.3 is 4.48 Å². The van der Waals surface area contributed by atoms with Crippen molar-refractivity contribution in [3.63, 3.8) is 0 Å². The second kappa shape index (κ2) is 5.31. The van der Waals surface area contributed by atoms with Crippen molar-refractivity contribution in [1.82, 2.24) is 0 Å². The van der Waals surface area contributed by atoms with Crippen molar-refractivity contribution in [1.29, 1.82) is 0 Å². The topological polar surface area (TPSA) is 12.4 Å². The van der Waals surface area contributed by atoms with Gasteiger partial charge in [-0.1, -0.05) is 6.92 Å². The largest absolute Gasteiger partial charge is 0.331 e. The van der Waals surface area contributed by atoms with Gasteiger partial charge in [0.05, 0.1) is 27.7 Å². The average molecular weight is 171 g/mol. The van der Waals surface area contributed by atoms with E-state index in [2.05, 4.69) is 40.0 Å². The van der Waals surface area contributed by atoms with Gasteiger partial charge in [0.1, 0.15) is 0 Å². The molecule has 0 aromatic carbocycles. The summed E-state index contributed by atoms with van der Waals surface area (Å²) < 4.78 is 1.04. The van der Waals surface area contributed by atoms with E-state index in [0.29, 0.717) is 0 Å². The van der Waals surface area contributed by atoms with E-state index in [9.17, 15) is 0 Å².